The maximum atomic E-state index is 13.3. The summed E-state index contributed by atoms with van der Waals surface area (Å²) < 4.78 is 11.5. The van der Waals surface area contributed by atoms with Gasteiger partial charge in [0.2, 0.25) is 11.8 Å². The van der Waals surface area contributed by atoms with Crippen LogP contribution in [0.1, 0.15) is 92.9 Å². The van der Waals surface area contributed by atoms with Crippen LogP contribution in [0.4, 0.5) is 26.9 Å². The molecule has 2 aromatic rings. The highest BCUT2D eigenvalue weighted by Crippen LogP contribution is 2.43. The fraction of sp³-hybridized carbons (Fsp3) is 0.632. The molecule has 2 aromatic heterocycles. The number of ether oxygens (including phenoxy) is 2. The molecule has 0 bridgehead atoms. The van der Waals surface area contributed by atoms with Crippen LogP contribution in [0, 0.1) is 31.1 Å². The molecular weight excluding hydrogens is 808 g/mol. The van der Waals surface area contributed by atoms with Gasteiger partial charge in [-0.15, -0.1) is 0 Å². The Morgan fingerprint density at radius 3 is 1.61 bits per heavy atom. The predicted octanol–water partition coefficient (Wildman–Crippen LogP) is 6.80. The number of aromatic nitrogens is 2. The van der Waals surface area contributed by atoms with Crippen molar-refractivity contribution in [3.05, 3.63) is 61.4 Å². The molecule has 1 N–H and O–H groups in total. The Hall–Kier alpha value is -4.94. The first-order valence-corrected chi connectivity index (χ1v) is 19.9. The van der Waals surface area contributed by atoms with E-state index in [9.17, 15) is 39.4 Å². The lowest BCUT2D eigenvalue weighted by Crippen LogP contribution is -2.55. The van der Waals surface area contributed by atoms with Gasteiger partial charge in [0.05, 0.1) is 21.0 Å². The summed E-state index contributed by atoms with van der Waals surface area (Å²) in [5, 5.41) is 23.8. The monoisotopic (exact) mass is 860 g/mol. The molecule has 0 unspecified atom stereocenters. The third-order valence-electron chi connectivity index (χ3n) is 10.2. The van der Waals surface area contributed by atoms with Crippen LogP contribution in [0.2, 0.25) is 0 Å². The van der Waals surface area contributed by atoms with E-state index in [4.69, 9.17) is 9.47 Å². The third-order valence-corrected chi connectivity index (χ3v) is 10.7. The highest BCUT2D eigenvalue weighted by atomic mass is 79.9. The molecule has 0 aliphatic carbocycles. The Morgan fingerprint density at radius 1 is 0.719 bits per heavy atom. The van der Waals surface area contributed by atoms with Gasteiger partial charge in [-0.3, -0.25) is 9.59 Å². The Balaban J connectivity index is 0.000000213. The molecule has 4 saturated heterocycles. The molecule has 57 heavy (non-hydrogen) atoms. The van der Waals surface area contributed by atoms with E-state index >= 15 is 0 Å². The second kappa shape index (κ2) is 18.5. The van der Waals surface area contributed by atoms with Crippen molar-refractivity contribution in [3.63, 3.8) is 0 Å². The van der Waals surface area contributed by atoms with Crippen LogP contribution in [0.3, 0.4) is 0 Å². The van der Waals surface area contributed by atoms with Crippen molar-refractivity contribution in [2.45, 2.75) is 104 Å². The average molecular weight is 862 g/mol. The zero-order valence-electron chi connectivity index (χ0n) is 33.5. The molecule has 4 fully saturated rings. The highest BCUT2D eigenvalue weighted by Gasteiger charge is 2.47. The van der Waals surface area contributed by atoms with Crippen molar-refractivity contribution in [2.75, 3.05) is 44.2 Å². The number of piperidine rings is 4. The van der Waals surface area contributed by atoms with Crippen molar-refractivity contribution in [1.82, 2.24) is 25.1 Å². The van der Waals surface area contributed by atoms with E-state index in [1.807, 2.05) is 41.5 Å². The zero-order valence-corrected chi connectivity index (χ0v) is 35.0. The number of likely N-dealkylation sites (tertiary alicyclic amines) is 2. The number of pyridine rings is 2. The molecule has 6 rings (SSSR count). The Labute approximate surface area is 340 Å². The molecule has 4 amide bonds. The number of halogens is 1. The minimum Gasteiger partial charge on any atom is -0.444 e. The molecule has 4 aliphatic rings. The van der Waals surface area contributed by atoms with E-state index in [1.165, 1.54) is 24.5 Å². The molecule has 6 heterocycles. The van der Waals surface area contributed by atoms with Gasteiger partial charge in [0.25, 0.3) is 0 Å². The SMILES string of the molecule is CC(C)(C)OC(=O)N1CCC2(CCCN(c3ccc([N+](=O)[O-])nc3)C2=O)CC1.CC(C)(C)OC(=O)N1CCC2(CCCNC2=O)CC1.O=[N+]([O-])c1ccc(Br)cn1. The maximum Gasteiger partial charge on any atom is 0.410 e. The first-order chi connectivity index (χ1) is 26.6. The number of amides is 4. The van der Waals surface area contributed by atoms with Gasteiger partial charge < -0.3 is 49.7 Å². The number of carbonyl (C=O) groups excluding carboxylic acids is 4. The van der Waals surface area contributed by atoms with Crippen LogP contribution in [-0.4, -0.2) is 104 Å². The fourth-order valence-corrected chi connectivity index (χ4v) is 7.43. The number of carbonyl (C=O) groups is 4. The van der Waals surface area contributed by atoms with Gasteiger partial charge in [-0.2, -0.15) is 0 Å². The number of hydrogen-bond donors (Lipinski definition) is 1. The largest absolute Gasteiger partial charge is 0.444 e. The van der Waals surface area contributed by atoms with E-state index in [2.05, 4.69) is 31.2 Å². The number of rotatable bonds is 3. The van der Waals surface area contributed by atoms with Crippen LogP contribution in [0.25, 0.3) is 0 Å². The second-order valence-electron chi connectivity index (χ2n) is 16.6. The number of nitrogens with zero attached hydrogens (tertiary/aromatic N) is 7. The van der Waals surface area contributed by atoms with Crippen LogP contribution < -0.4 is 10.2 Å². The molecular formula is C38H53BrN8O10. The van der Waals surface area contributed by atoms with Gasteiger partial charge in [0.15, 0.2) is 12.4 Å². The van der Waals surface area contributed by atoms with Gasteiger partial charge in [-0.1, -0.05) is 0 Å². The molecule has 18 nitrogen and oxygen atoms in total. The molecule has 0 atom stereocenters. The van der Waals surface area contributed by atoms with Crippen LogP contribution >= 0.6 is 15.9 Å². The molecule has 4 aliphatic heterocycles. The van der Waals surface area contributed by atoms with E-state index in [0.717, 1.165) is 49.5 Å². The molecule has 19 heteroatoms. The number of nitro groups is 2. The first-order valence-electron chi connectivity index (χ1n) is 19.1. The molecule has 0 saturated carbocycles. The van der Waals surface area contributed by atoms with Crippen molar-refractivity contribution in [2.24, 2.45) is 10.8 Å². The number of hydrogen-bond acceptors (Lipinski definition) is 12. The summed E-state index contributed by atoms with van der Waals surface area (Å²) in [6.45, 7) is 14.6. The van der Waals surface area contributed by atoms with Crippen LogP contribution in [-0.2, 0) is 19.1 Å². The summed E-state index contributed by atoms with van der Waals surface area (Å²) in [6, 6.07) is 5.79. The van der Waals surface area contributed by atoms with Crippen molar-refractivity contribution in [1.29, 1.82) is 0 Å². The van der Waals surface area contributed by atoms with Crippen molar-refractivity contribution in [3.8, 4) is 0 Å². The summed E-state index contributed by atoms with van der Waals surface area (Å²) in [5.41, 5.74) is -1.18. The van der Waals surface area contributed by atoms with Crippen LogP contribution in [0.5, 0.6) is 0 Å². The minimum absolute atomic E-state index is 0.0123. The first kappa shape index (κ1) is 44.8. The smallest absolute Gasteiger partial charge is 0.410 e. The lowest BCUT2D eigenvalue weighted by Gasteiger charge is -2.46. The van der Waals surface area contributed by atoms with Crippen LogP contribution in [0.15, 0.2) is 41.1 Å². The minimum atomic E-state index is -0.560. The molecule has 2 spiro atoms. The predicted molar refractivity (Wildman–Crippen MR) is 212 cm³/mol. The molecule has 0 aromatic carbocycles. The number of anilines is 1. The zero-order chi connectivity index (χ0) is 42.2. The van der Waals surface area contributed by atoms with Gasteiger partial charge in [0, 0.05) is 51.4 Å². The van der Waals surface area contributed by atoms with E-state index in [1.54, 1.807) is 26.8 Å². The van der Waals surface area contributed by atoms with Gasteiger partial charge in [-0.25, -0.2) is 9.59 Å². The standard InChI is InChI=1S/C19H26N4O5.C14H24N2O3.C5H3BrN2O2/c1-18(2,3)28-17(25)21-11-8-19(9-12-21)7-4-10-22(16(19)24)14-5-6-15(20-13-14)23(26)27;1-13(2,3)19-12(18)16-9-6-14(7-10-16)5-4-8-15-11(14)17;6-4-1-2-5(7-3-4)8(9)10/h5-6,13H,4,7-12H2,1-3H3;4-10H2,1-3H3,(H,15,17);1-3H. The topological polar surface area (TPSA) is 221 Å². The lowest BCUT2D eigenvalue weighted by atomic mass is 9.71. The summed E-state index contributed by atoms with van der Waals surface area (Å²) in [5.74, 6) is -0.197. The lowest BCUT2D eigenvalue weighted by molar-refractivity contribution is -0.389. The third kappa shape index (κ3) is 12.3. The van der Waals surface area contributed by atoms with Gasteiger partial charge in [-0.05, 0) is 141 Å². The summed E-state index contributed by atoms with van der Waals surface area (Å²) >= 11 is 3.11. The number of nitrogens with one attached hydrogen (secondary N) is 1. The Bertz CT molecular complexity index is 1760. The fourth-order valence-electron chi connectivity index (χ4n) is 7.20. The van der Waals surface area contributed by atoms with E-state index in [0.29, 0.717) is 51.3 Å². The highest BCUT2D eigenvalue weighted by molar-refractivity contribution is 9.10. The van der Waals surface area contributed by atoms with Gasteiger partial charge in [0.1, 0.15) is 11.2 Å². The summed E-state index contributed by atoms with van der Waals surface area (Å²) in [6.07, 6.45) is 8.43. The average Bonchev–Trinajstić information content (AvgIpc) is 3.14. The van der Waals surface area contributed by atoms with E-state index < -0.39 is 26.5 Å². The Morgan fingerprint density at radius 2 is 1.19 bits per heavy atom. The second-order valence-corrected chi connectivity index (χ2v) is 17.6. The van der Waals surface area contributed by atoms with E-state index in [-0.39, 0.29) is 41.1 Å². The molecule has 312 valence electrons. The Kier molecular flexibility index (Phi) is 14.6. The van der Waals surface area contributed by atoms with Crippen molar-refractivity contribution >= 4 is 57.3 Å². The molecule has 0 radical (unpaired) electrons. The quantitative estimate of drug-likeness (QED) is 0.249. The summed E-state index contributed by atoms with van der Waals surface area (Å²) in [7, 11) is 0. The maximum absolute atomic E-state index is 13.3. The van der Waals surface area contributed by atoms with Gasteiger partial charge >= 0.3 is 23.8 Å². The summed E-state index contributed by atoms with van der Waals surface area (Å²) in [4.78, 5) is 81.7. The van der Waals surface area contributed by atoms with Crippen molar-refractivity contribution < 1.29 is 38.5 Å². The normalized spacial score (nSPS) is 19.0.